The summed E-state index contributed by atoms with van der Waals surface area (Å²) < 4.78 is 1.70. The van der Waals surface area contributed by atoms with Crippen LogP contribution in [-0.4, -0.2) is 20.7 Å². The monoisotopic (exact) mass is 312 g/mol. The van der Waals surface area contributed by atoms with E-state index in [9.17, 15) is 4.79 Å². The van der Waals surface area contributed by atoms with Crippen molar-refractivity contribution < 1.29 is 4.79 Å². The van der Waals surface area contributed by atoms with E-state index in [2.05, 4.69) is 15.4 Å². The molecule has 0 aliphatic rings. The molecular formula is C16H13ClN4O. The van der Waals surface area contributed by atoms with Crippen LogP contribution in [0.4, 0.5) is 5.69 Å². The first-order valence-electron chi connectivity index (χ1n) is 6.69. The molecule has 1 aromatic heterocycles. The lowest BCUT2D eigenvalue weighted by Gasteiger charge is -2.07. The summed E-state index contributed by atoms with van der Waals surface area (Å²) in [6, 6.07) is 14.4. The SMILES string of the molecule is O=C(Nc1cccc(Cl)c1)c1cccc(Cn2cncn2)c1. The second-order valence-electron chi connectivity index (χ2n) is 4.76. The van der Waals surface area contributed by atoms with Crippen molar-refractivity contribution in [2.24, 2.45) is 0 Å². The van der Waals surface area contributed by atoms with E-state index in [1.807, 2.05) is 18.2 Å². The molecule has 0 saturated heterocycles. The fourth-order valence-electron chi connectivity index (χ4n) is 2.08. The molecule has 110 valence electrons. The van der Waals surface area contributed by atoms with Gasteiger partial charge in [-0.05, 0) is 35.9 Å². The molecule has 0 aliphatic heterocycles. The van der Waals surface area contributed by atoms with Crippen LogP contribution < -0.4 is 5.32 Å². The Balaban J connectivity index is 1.75. The third-order valence-electron chi connectivity index (χ3n) is 3.08. The number of amides is 1. The minimum absolute atomic E-state index is 0.178. The van der Waals surface area contributed by atoms with E-state index in [0.717, 1.165) is 5.56 Å². The molecule has 22 heavy (non-hydrogen) atoms. The quantitative estimate of drug-likeness (QED) is 0.804. The summed E-state index contributed by atoms with van der Waals surface area (Å²) in [5.41, 5.74) is 2.22. The molecule has 3 aromatic rings. The molecule has 0 aliphatic carbocycles. The highest BCUT2D eigenvalue weighted by atomic mass is 35.5. The van der Waals surface area contributed by atoms with Gasteiger partial charge in [0.15, 0.2) is 0 Å². The summed E-state index contributed by atoms with van der Waals surface area (Å²) in [5.74, 6) is -0.178. The zero-order valence-electron chi connectivity index (χ0n) is 11.6. The first kappa shape index (κ1) is 14.3. The van der Waals surface area contributed by atoms with Gasteiger partial charge in [-0.15, -0.1) is 0 Å². The molecular weight excluding hydrogens is 300 g/mol. The topological polar surface area (TPSA) is 59.8 Å². The largest absolute Gasteiger partial charge is 0.322 e. The predicted octanol–water partition coefficient (Wildman–Crippen LogP) is 3.23. The zero-order valence-corrected chi connectivity index (χ0v) is 12.4. The van der Waals surface area contributed by atoms with Crippen LogP contribution in [0.2, 0.25) is 5.02 Å². The molecule has 1 N–H and O–H groups in total. The van der Waals surface area contributed by atoms with Gasteiger partial charge in [0.05, 0.1) is 6.54 Å². The Hall–Kier alpha value is -2.66. The van der Waals surface area contributed by atoms with Crippen LogP contribution in [0.15, 0.2) is 61.2 Å². The number of carbonyl (C=O) groups is 1. The fourth-order valence-corrected chi connectivity index (χ4v) is 2.27. The van der Waals surface area contributed by atoms with Gasteiger partial charge in [0.1, 0.15) is 12.7 Å². The van der Waals surface area contributed by atoms with Crippen LogP contribution >= 0.6 is 11.6 Å². The molecule has 3 rings (SSSR count). The van der Waals surface area contributed by atoms with Crippen LogP contribution in [0.25, 0.3) is 0 Å². The van der Waals surface area contributed by atoms with E-state index in [-0.39, 0.29) is 5.91 Å². The number of nitrogens with one attached hydrogen (secondary N) is 1. The molecule has 1 heterocycles. The van der Waals surface area contributed by atoms with E-state index in [4.69, 9.17) is 11.6 Å². The molecule has 0 spiro atoms. The van der Waals surface area contributed by atoms with Gasteiger partial charge in [-0.25, -0.2) is 9.67 Å². The van der Waals surface area contributed by atoms with Crippen LogP contribution in [0.5, 0.6) is 0 Å². The van der Waals surface area contributed by atoms with Gasteiger partial charge in [-0.3, -0.25) is 4.79 Å². The molecule has 0 radical (unpaired) electrons. The van der Waals surface area contributed by atoms with Crippen molar-refractivity contribution in [3.8, 4) is 0 Å². The first-order valence-corrected chi connectivity index (χ1v) is 7.07. The Kier molecular flexibility index (Phi) is 4.16. The molecule has 0 saturated carbocycles. The molecule has 0 atom stereocenters. The Labute approximate surface area is 132 Å². The third kappa shape index (κ3) is 3.51. The van der Waals surface area contributed by atoms with Crippen molar-refractivity contribution in [1.82, 2.24) is 14.8 Å². The number of rotatable bonds is 4. The Morgan fingerprint density at radius 1 is 1.18 bits per heavy atom. The van der Waals surface area contributed by atoms with E-state index < -0.39 is 0 Å². The second-order valence-corrected chi connectivity index (χ2v) is 5.19. The maximum atomic E-state index is 12.3. The summed E-state index contributed by atoms with van der Waals surface area (Å²) in [4.78, 5) is 16.2. The van der Waals surface area contributed by atoms with Crippen LogP contribution in [0.3, 0.4) is 0 Å². The maximum Gasteiger partial charge on any atom is 0.255 e. The minimum atomic E-state index is -0.178. The average molecular weight is 313 g/mol. The minimum Gasteiger partial charge on any atom is -0.322 e. The van der Waals surface area contributed by atoms with Gasteiger partial charge in [-0.2, -0.15) is 5.10 Å². The molecule has 1 amide bonds. The number of anilines is 1. The number of nitrogens with zero attached hydrogens (tertiary/aromatic N) is 3. The lowest BCUT2D eigenvalue weighted by molar-refractivity contribution is 0.102. The molecule has 2 aromatic carbocycles. The van der Waals surface area contributed by atoms with Crippen LogP contribution in [0.1, 0.15) is 15.9 Å². The number of aromatic nitrogens is 3. The second kappa shape index (κ2) is 6.41. The van der Waals surface area contributed by atoms with Crippen molar-refractivity contribution in [2.45, 2.75) is 6.54 Å². The maximum absolute atomic E-state index is 12.3. The number of hydrogen-bond donors (Lipinski definition) is 1. The van der Waals surface area contributed by atoms with Gasteiger partial charge in [-0.1, -0.05) is 29.8 Å². The Bertz CT molecular complexity index is 786. The first-order chi connectivity index (χ1) is 10.7. The third-order valence-corrected chi connectivity index (χ3v) is 3.32. The van der Waals surface area contributed by atoms with Gasteiger partial charge in [0.2, 0.25) is 0 Å². The highest BCUT2D eigenvalue weighted by Crippen LogP contribution is 2.16. The van der Waals surface area contributed by atoms with Gasteiger partial charge < -0.3 is 5.32 Å². The van der Waals surface area contributed by atoms with Gasteiger partial charge >= 0.3 is 0 Å². The van der Waals surface area contributed by atoms with Crippen LogP contribution in [0, 0.1) is 0 Å². The zero-order chi connectivity index (χ0) is 15.4. The van der Waals surface area contributed by atoms with Crippen molar-refractivity contribution in [3.05, 3.63) is 77.3 Å². The van der Waals surface area contributed by atoms with E-state index in [0.29, 0.717) is 22.8 Å². The molecule has 0 bridgehead atoms. The number of carbonyl (C=O) groups excluding carboxylic acids is 1. The van der Waals surface area contributed by atoms with E-state index in [1.165, 1.54) is 6.33 Å². The summed E-state index contributed by atoms with van der Waals surface area (Å²) in [5, 5.41) is 7.46. The Morgan fingerprint density at radius 2 is 2.05 bits per heavy atom. The Morgan fingerprint density at radius 3 is 2.82 bits per heavy atom. The number of hydrogen-bond acceptors (Lipinski definition) is 3. The summed E-state index contributed by atoms with van der Waals surface area (Å²) in [7, 11) is 0. The van der Waals surface area contributed by atoms with Crippen molar-refractivity contribution in [1.29, 1.82) is 0 Å². The normalized spacial score (nSPS) is 10.4. The lowest BCUT2D eigenvalue weighted by Crippen LogP contribution is -2.12. The average Bonchev–Trinajstić information content (AvgIpc) is 3.00. The molecule has 0 unspecified atom stereocenters. The highest BCUT2D eigenvalue weighted by Gasteiger charge is 2.07. The summed E-state index contributed by atoms with van der Waals surface area (Å²) in [6.45, 7) is 0.568. The van der Waals surface area contributed by atoms with E-state index >= 15 is 0 Å². The van der Waals surface area contributed by atoms with Gasteiger partial charge in [0.25, 0.3) is 5.91 Å². The molecule has 0 fully saturated rings. The van der Waals surface area contributed by atoms with Crippen molar-refractivity contribution in [3.63, 3.8) is 0 Å². The molecule has 6 heteroatoms. The summed E-state index contributed by atoms with van der Waals surface area (Å²) >= 11 is 5.91. The predicted molar refractivity (Wildman–Crippen MR) is 85.0 cm³/mol. The summed E-state index contributed by atoms with van der Waals surface area (Å²) in [6.07, 6.45) is 3.12. The van der Waals surface area contributed by atoms with Crippen LogP contribution in [-0.2, 0) is 6.54 Å². The van der Waals surface area contributed by atoms with E-state index in [1.54, 1.807) is 41.3 Å². The van der Waals surface area contributed by atoms with Crippen molar-refractivity contribution >= 4 is 23.2 Å². The van der Waals surface area contributed by atoms with Crippen molar-refractivity contribution in [2.75, 3.05) is 5.32 Å². The fraction of sp³-hybridized carbons (Fsp3) is 0.0625. The highest BCUT2D eigenvalue weighted by molar-refractivity contribution is 6.30. The molecule has 5 nitrogen and oxygen atoms in total. The number of halogens is 1. The lowest BCUT2D eigenvalue weighted by atomic mass is 10.1. The smallest absolute Gasteiger partial charge is 0.255 e. The van der Waals surface area contributed by atoms with Gasteiger partial charge in [0, 0.05) is 16.3 Å². The number of benzene rings is 2. The standard InChI is InChI=1S/C16H13ClN4O/c17-14-5-2-6-15(8-14)20-16(22)13-4-1-3-12(7-13)9-21-11-18-10-19-21/h1-8,10-11H,9H2,(H,20,22).